The minimum atomic E-state index is 1.12. The molecule has 1 heteroatoms. The monoisotopic (exact) mass is 599 g/mol. The van der Waals surface area contributed by atoms with Crippen LogP contribution < -0.4 is 4.90 Å². The highest BCUT2D eigenvalue weighted by molar-refractivity contribution is 5.88. The van der Waals surface area contributed by atoms with Crippen LogP contribution >= 0.6 is 0 Å². The van der Waals surface area contributed by atoms with Crippen LogP contribution in [0.1, 0.15) is 0 Å². The quantitative estimate of drug-likeness (QED) is 0.176. The van der Waals surface area contributed by atoms with Gasteiger partial charge < -0.3 is 4.90 Å². The Bertz CT molecular complexity index is 2270. The van der Waals surface area contributed by atoms with Crippen molar-refractivity contribution in [2.45, 2.75) is 0 Å². The molecule has 0 amide bonds. The Morgan fingerprint density at radius 3 is 1.15 bits per heavy atom. The van der Waals surface area contributed by atoms with Crippen LogP contribution in [-0.4, -0.2) is 0 Å². The molecule has 0 unspecified atom stereocenters. The predicted molar refractivity (Wildman–Crippen MR) is 200 cm³/mol. The molecule has 1 nitrogen and oxygen atoms in total. The van der Waals surface area contributed by atoms with Crippen LogP contribution in [0.2, 0.25) is 0 Å². The number of nitrogens with zero attached hydrogens (tertiary/aromatic N) is 1. The lowest BCUT2D eigenvalue weighted by Gasteiger charge is -2.26. The largest absolute Gasteiger partial charge is 0.311 e. The minimum absolute atomic E-state index is 1.12. The summed E-state index contributed by atoms with van der Waals surface area (Å²) in [6.07, 6.45) is 0. The van der Waals surface area contributed by atoms with Crippen molar-refractivity contribution in [3.05, 3.63) is 200 Å². The molecule has 47 heavy (non-hydrogen) atoms. The van der Waals surface area contributed by atoms with E-state index in [0.29, 0.717) is 0 Å². The minimum Gasteiger partial charge on any atom is -0.311 e. The molecular formula is C46H33N. The van der Waals surface area contributed by atoms with Gasteiger partial charge in [-0.25, -0.2) is 0 Å². The second-order valence-corrected chi connectivity index (χ2v) is 11.9. The first-order valence-electron chi connectivity index (χ1n) is 16.1. The van der Waals surface area contributed by atoms with E-state index < -0.39 is 0 Å². The normalized spacial score (nSPS) is 11.0. The van der Waals surface area contributed by atoms with E-state index in [1.807, 2.05) is 0 Å². The van der Waals surface area contributed by atoms with Crippen molar-refractivity contribution >= 4 is 27.8 Å². The van der Waals surface area contributed by atoms with E-state index in [4.69, 9.17) is 0 Å². The van der Waals surface area contributed by atoms with E-state index in [-0.39, 0.29) is 0 Å². The van der Waals surface area contributed by atoms with Gasteiger partial charge in [-0.3, -0.25) is 0 Å². The first kappa shape index (κ1) is 28.3. The summed E-state index contributed by atoms with van der Waals surface area (Å²) in [5.74, 6) is 0. The fraction of sp³-hybridized carbons (Fsp3) is 0. The molecule has 0 aliphatic rings. The number of anilines is 3. The molecule has 8 aromatic rings. The van der Waals surface area contributed by atoms with Crippen molar-refractivity contribution in [2.75, 3.05) is 4.90 Å². The van der Waals surface area contributed by atoms with Crippen molar-refractivity contribution in [3.63, 3.8) is 0 Å². The van der Waals surface area contributed by atoms with Gasteiger partial charge in [0.05, 0.1) is 0 Å². The van der Waals surface area contributed by atoms with Crippen molar-refractivity contribution in [2.24, 2.45) is 0 Å². The summed E-state index contributed by atoms with van der Waals surface area (Å²) >= 11 is 0. The van der Waals surface area contributed by atoms with Crippen molar-refractivity contribution in [3.8, 4) is 44.5 Å². The molecule has 8 aromatic carbocycles. The van der Waals surface area contributed by atoms with Gasteiger partial charge in [0.15, 0.2) is 0 Å². The molecule has 0 aliphatic carbocycles. The van der Waals surface area contributed by atoms with Crippen LogP contribution in [0.25, 0.3) is 55.3 Å². The highest BCUT2D eigenvalue weighted by Crippen LogP contribution is 2.37. The summed E-state index contributed by atoms with van der Waals surface area (Å²) in [7, 11) is 0. The van der Waals surface area contributed by atoms with E-state index in [0.717, 1.165) is 17.1 Å². The maximum absolute atomic E-state index is 2.31. The third-order valence-corrected chi connectivity index (χ3v) is 8.85. The summed E-state index contributed by atoms with van der Waals surface area (Å²) in [6, 6.07) is 71.8. The predicted octanol–water partition coefficient (Wildman–Crippen LogP) is 13.0. The first-order valence-corrected chi connectivity index (χ1v) is 16.1. The number of fused-ring (bicyclic) bond motifs is 1. The summed E-state index contributed by atoms with van der Waals surface area (Å²) in [5, 5.41) is 2.52. The molecule has 0 spiro atoms. The molecule has 0 N–H and O–H groups in total. The number of hydrogen-bond donors (Lipinski definition) is 0. The second-order valence-electron chi connectivity index (χ2n) is 11.9. The van der Waals surface area contributed by atoms with Crippen LogP contribution in [-0.2, 0) is 0 Å². The molecule has 0 saturated heterocycles. The molecule has 0 aromatic heterocycles. The standard InChI is InChI=1S/C46H33N/c1-3-11-34(12-4-1)36-23-27-45(28-24-36)47(44-19-5-2-6-20-44)46-29-25-37(26-30-46)39-15-9-16-40(31-39)41-17-10-18-42(33-41)43-22-21-35-13-7-8-14-38(35)32-43/h1-33H. The summed E-state index contributed by atoms with van der Waals surface area (Å²) in [6.45, 7) is 0. The van der Waals surface area contributed by atoms with Gasteiger partial charge in [-0.15, -0.1) is 0 Å². The van der Waals surface area contributed by atoms with Gasteiger partial charge in [-0.2, -0.15) is 0 Å². The Labute approximate surface area is 276 Å². The number of benzene rings is 8. The molecule has 0 bridgehead atoms. The fourth-order valence-corrected chi connectivity index (χ4v) is 6.39. The van der Waals surface area contributed by atoms with Gasteiger partial charge in [-0.05, 0) is 110 Å². The van der Waals surface area contributed by atoms with Gasteiger partial charge in [0, 0.05) is 17.1 Å². The molecule has 222 valence electrons. The summed E-state index contributed by atoms with van der Waals surface area (Å²) < 4.78 is 0. The van der Waals surface area contributed by atoms with Crippen LogP contribution in [0.3, 0.4) is 0 Å². The smallest absolute Gasteiger partial charge is 0.0462 e. The third kappa shape index (κ3) is 5.95. The fourth-order valence-electron chi connectivity index (χ4n) is 6.39. The Morgan fingerprint density at radius 1 is 0.213 bits per heavy atom. The molecular weight excluding hydrogens is 567 g/mol. The number of hydrogen-bond acceptors (Lipinski definition) is 1. The molecule has 0 aliphatic heterocycles. The van der Waals surface area contributed by atoms with Gasteiger partial charge >= 0.3 is 0 Å². The van der Waals surface area contributed by atoms with E-state index in [1.54, 1.807) is 0 Å². The zero-order valence-electron chi connectivity index (χ0n) is 26.0. The summed E-state index contributed by atoms with van der Waals surface area (Å²) in [4.78, 5) is 2.31. The number of para-hydroxylation sites is 1. The average Bonchev–Trinajstić information content (AvgIpc) is 3.16. The number of rotatable bonds is 7. The summed E-state index contributed by atoms with van der Waals surface area (Å²) in [5.41, 5.74) is 13.1. The lowest BCUT2D eigenvalue weighted by molar-refractivity contribution is 1.28. The van der Waals surface area contributed by atoms with Crippen LogP contribution in [0, 0.1) is 0 Å². The zero-order chi connectivity index (χ0) is 31.4. The van der Waals surface area contributed by atoms with E-state index in [1.165, 1.54) is 55.3 Å². The van der Waals surface area contributed by atoms with E-state index in [9.17, 15) is 0 Å². The molecule has 0 saturated carbocycles. The maximum Gasteiger partial charge on any atom is 0.0462 e. The first-order chi connectivity index (χ1) is 23.3. The van der Waals surface area contributed by atoms with Crippen LogP contribution in [0.4, 0.5) is 17.1 Å². The lowest BCUT2D eigenvalue weighted by atomic mass is 9.95. The highest BCUT2D eigenvalue weighted by Gasteiger charge is 2.13. The molecule has 0 radical (unpaired) electrons. The van der Waals surface area contributed by atoms with Gasteiger partial charge in [0.25, 0.3) is 0 Å². The van der Waals surface area contributed by atoms with Gasteiger partial charge in [0.1, 0.15) is 0 Å². The van der Waals surface area contributed by atoms with Gasteiger partial charge in [-0.1, -0.05) is 146 Å². The van der Waals surface area contributed by atoms with Gasteiger partial charge in [0.2, 0.25) is 0 Å². The van der Waals surface area contributed by atoms with Crippen LogP contribution in [0.5, 0.6) is 0 Å². The van der Waals surface area contributed by atoms with Crippen molar-refractivity contribution < 1.29 is 0 Å². The van der Waals surface area contributed by atoms with Crippen LogP contribution in [0.15, 0.2) is 200 Å². The maximum atomic E-state index is 2.31. The molecule has 0 heterocycles. The lowest BCUT2D eigenvalue weighted by Crippen LogP contribution is -2.09. The molecule has 0 fully saturated rings. The Kier molecular flexibility index (Phi) is 7.63. The average molecular weight is 600 g/mol. The van der Waals surface area contributed by atoms with E-state index in [2.05, 4.69) is 205 Å². The molecule has 8 rings (SSSR count). The Morgan fingerprint density at radius 2 is 0.574 bits per heavy atom. The Balaban J connectivity index is 1.09. The zero-order valence-corrected chi connectivity index (χ0v) is 26.0. The second kappa shape index (κ2) is 12.7. The van der Waals surface area contributed by atoms with Crippen molar-refractivity contribution in [1.82, 2.24) is 0 Å². The Hall–Kier alpha value is -6.18. The van der Waals surface area contributed by atoms with Crippen molar-refractivity contribution in [1.29, 1.82) is 0 Å². The topological polar surface area (TPSA) is 3.24 Å². The molecule has 0 atom stereocenters. The highest BCUT2D eigenvalue weighted by atomic mass is 15.1. The SMILES string of the molecule is c1ccc(-c2ccc(N(c3ccccc3)c3ccc(-c4cccc(-c5cccc(-c6ccc7ccccc7c6)c5)c4)cc3)cc2)cc1. The third-order valence-electron chi connectivity index (χ3n) is 8.85. The van der Waals surface area contributed by atoms with E-state index >= 15 is 0 Å².